The fourth-order valence-corrected chi connectivity index (χ4v) is 3.53. The van der Waals surface area contributed by atoms with E-state index in [9.17, 15) is 0 Å². The lowest BCUT2D eigenvalue weighted by molar-refractivity contribution is 0.620. The Morgan fingerprint density at radius 2 is 1.67 bits per heavy atom. The van der Waals surface area contributed by atoms with Crippen LogP contribution in [0.1, 0.15) is 12.8 Å². The third-order valence-corrected chi connectivity index (χ3v) is 4.84. The first kappa shape index (κ1) is 13.6. The van der Waals surface area contributed by atoms with Gasteiger partial charge in [0.1, 0.15) is 5.52 Å². The average Bonchev–Trinajstić information content (AvgIpc) is 3.30. The Hall–Kier alpha value is -2.81. The number of aromatic nitrogens is 1. The van der Waals surface area contributed by atoms with Crippen LogP contribution in [0.2, 0.25) is 0 Å². The van der Waals surface area contributed by atoms with Crippen LogP contribution in [-0.4, -0.2) is 18.1 Å². The Morgan fingerprint density at radius 1 is 0.833 bits per heavy atom. The summed E-state index contributed by atoms with van der Waals surface area (Å²) in [6, 6.07) is 21.0. The average molecular weight is 314 g/mol. The van der Waals surface area contributed by atoms with Crippen LogP contribution in [0.25, 0.3) is 33.3 Å². The highest BCUT2D eigenvalue weighted by atomic mass is 16.3. The van der Waals surface area contributed by atoms with Gasteiger partial charge in [-0.3, -0.25) is 0 Å². The summed E-state index contributed by atoms with van der Waals surface area (Å²) in [7, 11) is 0. The second-order valence-electron chi connectivity index (χ2n) is 6.43. The van der Waals surface area contributed by atoms with Crippen LogP contribution in [0, 0.1) is 0 Å². The van der Waals surface area contributed by atoms with Gasteiger partial charge in [0.2, 0.25) is 5.89 Å². The molecule has 0 spiro atoms. The molecule has 0 saturated carbocycles. The zero-order valence-electron chi connectivity index (χ0n) is 13.4. The third kappa shape index (κ3) is 2.24. The Balaban J connectivity index is 1.58. The standard InChI is InChI=1S/C21H18N2O/c1-2-6-16-13-17(8-7-15(16)5-1)21-22-19-14-18(9-10-20(19)24-21)23-11-3-4-12-23/h1-2,5-10,13-14H,3-4,11-12H2. The predicted octanol–water partition coefficient (Wildman–Crippen LogP) is 5.25. The summed E-state index contributed by atoms with van der Waals surface area (Å²) in [5.74, 6) is 0.689. The molecule has 1 aliphatic heterocycles. The second-order valence-corrected chi connectivity index (χ2v) is 6.43. The number of anilines is 1. The summed E-state index contributed by atoms with van der Waals surface area (Å²) in [6.07, 6.45) is 2.55. The van der Waals surface area contributed by atoms with Gasteiger partial charge in [0.15, 0.2) is 5.58 Å². The van der Waals surface area contributed by atoms with Crippen molar-refractivity contribution in [3.05, 3.63) is 60.7 Å². The molecule has 1 saturated heterocycles. The summed E-state index contributed by atoms with van der Waals surface area (Å²) in [5.41, 5.74) is 4.05. The highest BCUT2D eigenvalue weighted by Crippen LogP contribution is 2.30. The van der Waals surface area contributed by atoms with Crippen LogP contribution in [0.3, 0.4) is 0 Å². The zero-order chi connectivity index (χ0) is 15.9. The van der Waals surface area contributed by atoms with E-state index in [1.54, 1.807) is 0 Å². The molecule has 0 amide bonds. The van der Waals surface area contributed by atoms with Crippen molar-refractivity contribution in [3.63, 3.8) is 0 Å². The molecule has 24 heavy (non-hydrogen) atoms. The number of nitrogens with zero attached hydrogens (tertiary/aromatic N) is 2. The number of hydrogen-bond donors (Lipinski definition) is 0. The highest BCUT2D eigenvalue weighted by molar-refractivity contribution is 5.87. The van der Waals surface area contributed by atoms with Gasteiger partial charge >= 0.3 is 0 Å². The minimum Gasteiger partial charge on any atom is -0.436 e. The summed E-state index contributed by atoms with van der Waals surface area (Å²) in [5, 5.41) is 2.43. The molecule has 0 N–H and O–H groups in total. The minimum absolute atomic E-state index is 0.689. The Morgan fingerprint density at radius 3 is 2.54 bits per heavy atom. The van der Waals surface area contributed by atoms with E-state index in [1.807, 2.05) is 6.07 Å². The van der Waals surface area contributed by atoms with E-state index in [0.717, 1.165) is 29.8 Å². The molecule has 3 nitrogen and oxygen atoms in total. The van der Waals surface area contributed by atoms with Crippen molar-refractivity contribution in [3.8, 4) is 11.5 Å². The van der Waals surface area contributed by atoms with Crippen molar-refractivity contribution >= 4 is 27.6 Å². The van der Waals surface area contributed by atoms with Crippen molar-refractivity contribution < 1.29 is 4.42 Å². The first-order valence-electron chi connectivity index (χ1n) is 8.51. The molecule has 0 bridgehead atoms. The molecule has 0 radical (unpaired) electrons. The molecule has 3 aromatic carbocycles. The van der Waals surface area contributed by atoms with E-state index in [4.69, 9.17) is 9.40 Å². The van der Waals surface area contributed by atoms with Crippen molar-refractivity contribution in [1.82, 2.24) is 4.98 Å². The monoisotopic (exact) mass is 314 g/mol. The van der Waals surface area contributed by atoms with Crippen molar-refractivity contribution in [2.75, 3.05) is 18.0 Å². The van der Waals surface area contributed by atoms with E-state index in [1.165, 1.54) is 29.3 Å². The lowest BCUT2D eigenvalue weighted by atomic mass is 10.1. The number of fused-ring (bicyclic) bond motifs is 2. The molecule has 1 aromatic heterocycles. The maximum absolute atomic E-state index is 5.99. The third-order valence-electron chi connectivity index (χ3n) is 4.84. The van der Waals surface area contributed by atoms with E-state index >= 15 is 0 Å². The van der Waals surface area contributed by atoms with Gasteiger partial charge in [-0.15, -0.1) is 0 Å². The van der Waals surface area contributed by atoms with Crippen LogP contribution in [-0.2, 0) is 0 Å². The molecule has 4 aromatic rings. The van der Waals surface area contributed by atoms with E-state index in [-0.39, 0.29) is 0 Å². The van der Waals surface area contributed by atoms with E-state index in [2.05, 4.69) is 59.5 Å². The van der Waals surface area contributed by atoms with Crippen LogP contribution >= 0.6 is 0 Å². The molecule has 1 fully saturated rings. The molecule has 0 atom stereocenters. The number of hydrogen-bond acceptors (Lipinski definition) is 3. The maximum atomic E-state index is 5.99. The topological polar surface area (TPSA) is 29.3 Å². The lowest BCUT2D eigenvalue weighted by Crippen LogP contribution is -2.17. The fourth-order valence-electron chi connectivity index (χ4n) is 3.53. The smallest absolute Gasteiger partial charge is 0.227 e. The minimum atomic E-state index is 0.689. The molecule has 3 heteroatoms. The maximum Gasteiger partial charge on any atom is 0.227 e. The SMILES string of the molecule is c1ccc2cc(-c3nc4cc(N5CCCC5)ccc4o3)ccc2c1. The summed E-state index contributed by atoms with van der Waals surface area (Å²) >= 11 is 0. The van der Waals surface area contributed by atoms with Crippen LogP contribution in [0.4, 0.5) is 5.69 Å². The zero-order valence-corrected chi connectivity index (χ0v) is 13.4. The van der Waals surface area contributed by atoms with E-state index in [0.29, 0.717) is 5.89 Å². The molecule has 2 heterocycles. The van der Waals surface area contributed by atoms with Crippen LogP contribution in [0.5, 0.6) is 0 Å². The van der Waals surface area contributed by atoms with Crippen molar-refractivity contribution in [1.29, 1.82) is 0 Å². The Kier molecular flexibility index (Phi) is 3.05. The van der Waals surface area contributed by atoms with Gasteiger partial charge in [-0.25, -0.2) is 4.98 Å². The number of rotatable bonds is 2. The van der Waals surface area contributed by atoms with Gasteiger partial charge in [0, 0.05) is 24.3 Å². The normalized spacial score (nSPS) is 14.8. The quantitative estimate of drug-likeness (QED) is 0.506. The molecule has 118 valence electrons. The van der Waals surface area contributed by atoms with Gasteiger partial charge in [-0.2, -0.15) is 0 Å². The molecule has 1 aliphatic rings. The van der Waals surface area contributed by atoms with Crippen LogP contribution < -0.4 is 4.90 Å². The summed E-state index contributed by atoms with van der Waals surface area (Å²) in [6.45, 7) is 2.28. The largest absolute Gasteiger partial charge is 0.436 e. The summed E-state index contributed by atoms with van der Waals surface area (Å²) in [4.78, 5) is 7.15. The van der Waals surface area contributed by atoms with Crippen LogP contribution in [0.15, 0.2) is 65.1 Å². The second kappa shape index (κ2) is 5.38. The van der Waals surface area contributed by atoms with Gasteiger partial charge in [0.25, 0.3) is 0 Å². The molecule has 5 rings (SSSR count). The number of benzene rings is 3. The lowest BCUT2D eigenvalue weighted by Gasteiger charge is -2.16. The molecular weight excluding hydrogens is 296 g/mol. The molecule has 0 aliphatic carbocycles. The van der Waals surface area contributed by atoms with Crippen molar-refractivity contribution in [2.24, 2.45) is 0 Å². The first-order chi connectivity index (χ1) is 11.9. The number of oxazole rings is 1. The highest BCUT2D eigenvalue weighted by Gasteiger charge is 2.15. The summed E-state index contributed by atoms with van der Waals surface area (Å²) < 4.78 is 5.99. The predicted molar refractivity (Wildman–Crippen MR) is 98.4 cm³/mol. The van der Waals surface area contributed by atoms with Crippen molar-refractivity contribution in [2.45, 2.75) is 12.8 Å². The Labute approximate surface area is 140 Å². The first-order valence-corrected chi connectivity index (χ1v) is 8.51. The fraction of sp³-hybridized carbons (Fsp3) is 0.190. The van der Waals surface area contributed by atoms with Gasteiger partial charge in [-0.1, -0.05) is 30.3 Å². The van der Waals surface area contributed by atoms with Gasteiger partial charge < -0.3 is 9.32 Å². The van der Waals surface area contributed by atoms with Gasteiger partial charge in [0.05, 0.1) is 0 Å². The van der Waals surface area contributed by atoms with E-state index < -0.39 is 0 Å². The Bertz CT molecular complexity index is 1030. The molecular formula is C21H18N2O. The molecule has 0 unspecified atom stereocenters. The van der Waals surface area contributed by atoms with Gasteiger partial charge in [-0.05, 0) is 53.9 Å².